The van der Waals surface area contributed by atoms with Crippen molar-refractivity contribution in [3.63, 3.8) is 0 Å². The molecule has 0 saturated carbocycles. The van der Waals surface area contributed by atoms with E-state index < -0.39 is 0 Å². The molecule has 0 spiro atoms. The summed E-state index contributed by atoms with van der Waals surface area (Å²) in [6.45, 7) is 10.7. The molecular formula is C15H28N4O. The number of nitrogens with two attached hydrogens (primary N) is 1. The number of anilines is 2. The Labute approximate surface area is 122 Å². The molecule has 0 aliphatic heterocycles. The molecule has 0 aromatic carbocycles. The van der Waals surface area contributed by atoms with E-state index in [1.54, 1.807) is 0 Å². The van der Waals surface area contributed by atoms with Gasteiger partial charge in [0.15, 0.2) is 0 Å². The van der Waals surface area contributed by atoms with Crippen molar-refractivity contribution in [1.82, 2.24) is 9.97 Å². The maximum absolute atomic E-state index is 5.91. The smallest absolute Gasteiger partial charge is 0.134 e. The van der Waals surface area contributed by atoms with Crippen molar-refractivity contribution in [2.75, 3.05) is 30.8 Å². The van der Waals surface area contributed by atoms with Crippen LogP contribution in [0.2, 0.25) is 0 Å². The normalized spacial score (nSPS) is 11.1. The van der Waals surface area contributed by atoms with Crippen molar-refractivity contribution in [3.8, 4) is 0 Å². The summed E-state index contributed by atoms with van der Waals surface area (Å²) in [5.74, 6) is 2.88. The van der Waals surface area contributed by atoms with Crippen LogP contribution in [-0.2, 0) is 11.2 Å². The van der Waals surface area contributed by atoms with Gasteiger partial charge >= 0.3 is 0 Å². The van der Waals surface area contributed by atoms with Gasteiger partial charge in [-0.1, -0.05) is 20.8 Å². The highest BCUT2D eigenvalue weighted by atomic mass is 16.5. The molecule has 3 N–H and O–H groups in total. The molecule has 0 bridgehead atoms. The zero-order valence-corrected chi connectivity index (χ0v) is 13.2. The summed E-state index contributed by atoms with van der Waals surface area (Å²) in [5, 5.41) is 3.28. The van der Waals surface area contributed by atoms with E-state index in [0.717, 1.165) is 49.6 Å². The number of aryl methyl sites for hydroxylation is 1. The van der Waals surface area contributed by atoms with E-state index in [1.165, 1.54) is 0 Å². The van der Waals surface area contributed by atoms with Gasteiger partial charge in [-0.15, -0.1) is 0 Å². The Morgan fingerprint density at radius 3 is 2.65 bits per heavy atom. The molecule has 1 aromatic heterocycles. The Bertz CT molecular complexity index is 407. The number of nitrogen functional groups attached to an aromatic ring is 1. The van der Waals surface area contributed by atoms with E-state index in [-0.39, 0.29) is 0 Å². The molecule has 0 aliphatic rings. The fraction of sp³-hybridized carbons (Fsp3) is 0.733. The van der Waals surface area contributed by atoms with Gasteiger partial charge in [0.25, 0.3) is 0 Å². The van der Waals surface area contributed by atoms with Gasteiger partial charge in [-0.05, 0) is 25.7 Å². The lowest BCUT2D eigenvalue weighted by Crippen LogP contribution is -2.14. The second-order valence-electron chi connectivity index (χ2n) is 5.47. The second kappa shape index (κ2) is 8.74. The molecule has 0 unspecified atom stereocenters. The number of aromatic nitrogens is 2. The van der Waals surface area contributed by atoms with Gasteiger partial charge in [-0.2, -0.15) is 0 Å². The first kappa shape index (κ1) is 16.7. The fourth-order valence-electron chi connectivity index (χ4n) is 1.75. The summed E-state index contributed by atoms with van der Waals surface area (Å²) in [5.41, 5.74) is 6.82. The SMILES string of the molecule is CCCc1nc(N)c(C)c(NCCOCCC(C)C)n1. The predicted molar refractivity (Wildman–Crippen MR) is 83.9 cm³/mol. The molecule has 0 saturated heterocycles. The summed E-state index contributed by atoms with van der Waals surface area (Å²) in [7, 11) is 0. The Morgan fingerprint density at radius 1 is 1.25 bits per heavy atom. The van der Waals surface area contributed by atoms with Gasteiger partial charge in [-0.3, -0.25) is 0 Å². The quantitative estimate of drug-likeness (QED) is 0.680. The number of nitrogens with one attached hydrogen (secondary N) is 1. The lowest BCUT2D eigenvalue weighted by molar-refractivity contribution is 0.132. The van der Waals surface area contributed by atoms with Gasteiger partial charge in [-0.25, -0.2) is 9.97 Å². The highest BCUT2D eigenvalue weighted by molar-refractivity contribution is 5.54. The monoisotopic (exact) mass is 280 g/mol. The molecule has 1 heterocycles. The summed E-state index contributed by atoms with van der Waals surface area (Å²) in [6.07, 6.45) is 2.96. The molecule has 1 aromatic rings. The molecule has 5 nitrogen and oxygen atoms in total. The highest BCUT2D eigenvalue weighted by Gasteiger charge is 2.07. The molecule has 5 heteroatoms. The van der Waals surface area contributed by atoms with E-state index in [4.69, 9.17) is 10.5 Å². The highest BCUT2D eigenvalue weighted by Crippen LogP contribution is 2.17. The molecular weight excluding hydrogens is 252 g/mol. The Kier molecular flexibility index (Phi) is 7.30. The maximum atomic E-state index is 5.91. The van der Waals surface area contributed by atoms with Crippen molar-refractivity contribution < 1.29 is 4.74 Å². The molecule has 0 fully saturated rings. The van der Waals surface area contributed by atoms with E-state index in [1.807, 2.05) is 6.92 Å². The van der Waals surface area contributed by atoms with Crippen LogP contribution in [0.4, 0.5) is 11.6 Å². The third-order valence-electron chi connectivity index (χ3n) is 3.08. The van der Waals surface area contributed by atoms with E-state index in [9.17, 15) is 0 Å². The molecule has 114 valence electrons. The van der Waals surface area contributed by atoms with Crippen LogP contribution in [0.5, 0.6) is 0 Å². The Hall–Kier alpha value is -1.36. The molecule has 0 amide bonds. The average molecular weight is 280 g/mol. The van der Waals surface area contributed by atoms with Crippen LogP contribution in [0.25, 0.3) is 0 Å². The van der Waals surface area contributed by atoms with Crippen LogP contribution < -0.4 is 11.1 Å². The minimum atomic E-state index is 0.562. The van der Waals surface area contributed by atoms with Crippen molar-refractivity contribution in [2.24, 2.45) is 5.92 Å². The first-order valence-electron chi connectivity index (χ1n) is 7.49. The number of rotatable bonds is 9. The zero-order valence-electron chi connectivity index (χ0n) is 13.2. The molecule has 20 heavy (non-hydrogen) atoms. The first-order valence-corrected chi connectivity index (χ1v) is 7.49. The van der Waals surface area contributed by atoms with E-state index in [0.29, 0.717) is 18.3 Å². The van der Waals surface area contributed by atoms with Crippen molar-refractivity contribution in [2.45, 2.75) is 47.0 Å². The number of hydrogen-bond donors (Lipinski definition) is 2. The maximum Gasteiger partial charge on any atom is 0.134 e. The van der Waals surface area contributed by atoms with Gasteiger partial charge in [0.2, 0.25) is 0 Å². The second-order valence-corrected chi connectivity index (χ2v) is 5.47. The minimum Gasteiger partial charge on any atom is -0.383 e. The van der Waals surface area contributed by atoms with Crippen LogP contribution in [0, 0.1) is 12.8 Å². The van der Waals surface area contributed by atoms with Crippen LogP contribution >= 0.6 is 0 Å². The van der Waals surface area contributed by atoms with Crippen LogP contribution in [0.1, 0.15) is 45.0 Å². The lowest BCUT2D eigenvalue weighted by atomic mass is 10.1. The van der Waals surface area contributed by atoms with Crippen molar-refractivity contribution >= 4 is 11.6 Å². The van der Waals surface area contributed by atoms with Gasteiger partial charge < -0.3 is 15.8 Å². The Balaban J connectivity index is 2.42. The summed E-state index contributed by atoms with van der Waals surface area (Å²) in [6, 6.07) is 0. The summed E-state index contributed by atoms with van der Waals surface area (Å²) >= 11 is 0. The Morgan fingerprint density at radius 2 is 2.00 bits per heavy atom. The number of hydrogen-bond acceptors (Lipinski definition) is 5. The fourth-order valence-corrected chi connectivity index (χ4v) is 1.75. The van der Waals surface area contributed by atoms with Gasteiger partial charge in [0.05, 0.1) is 6.61 Å². The largest absolute Gasteiger partial charge is 0.383 e. The summed E-state index contributed by atoms with van der Waals surface area (Å²) < 4.78 is 5.58. The molecule has 0 radical (unpaired) electrons. The van der Waals surface area contributed by atoms with Crippen LogP contribution in [0.15, 0.2) is 0 Å². The predicted octanol–water partition coefficient (Wildman–Crippen LogP) is 2.79. The summed E-state index contributed by atoms with van der Waals surface area (Å²) in [4.78, 5) is 8.81. The molecule has 0 atom stereocenters. The van der Waals surface area contributed by atoms with Crippen LogP contribution in [-0.4, -0.2) is 29.7 Å². The third-order valence-corrected chi connectivity index (χ3v) is 3.08. The van der Waals surface area contributed by atoms with Crippen LogP contribution in [0.3, 0.4) is 0 Å². The minimum absolute atomic E-state index is 0.562. The number of ether oxygens (including phenoxy) is 1. The molecule has 1 rings (SSSR count). The van der Waals surface area contributed by atoms with Gasteiger partial charge in [0.1, 0.15) is 17.5 Å². The topological polar surface area (TPSA) is 73.1 Å². The first-order chi connectivity index (χ1) is 9.54. The number of nitrogens with zero attached hydrogens (tertiary/aromatic N) is 2. The third kappa shape index (κ3) is 5.74. The van der Waals surface area contributed by atoms with E-state index >= 15 is 0 Å². The lowest BCUT2D eigenvalue weighted by Gasteiger charge is -2.12. The zero-order chi connectivity index (χ0) is 15.0. The van der Waals surface area contributed by atoms with Crippen molar-refractivity contribution in [3.05, 3.63) is 11.4 Å². The van der Waals surface area contributed by atoms with Crippen molar-refractivity contribution in [1.29, 1.82) is 0 Å². The average Bonchev–Trinajstić information content (AvgIpc) is 2.39. The standard InChI is InChI=1S/C15H28N4O/c1-5-6-13-18-14(16)12(4)15(19-13)17-8-10-20-9-7-11(2)3/h11H,5-10H2,1-4H3,(H3,16,17,18,19). The molecule has 0 aliphatic carbocycles. The van der Waals surface area contributed by atoms with Gasteiger partial charge in [0, 0.05) is 25.1 Å². The van der Waals surface area contributed by atoms with E-state index in [2.05, 4.69) is 36.1 Å².